The molecule has 0 saturated heterocycles. The SMILES string of the molecule is Cc1nc2ccc(Br)cc2c(=O)n1N=Cc1ccc(Sc2nc3ccccc3[nH]2)o1. The number of rotatable bonds is 4. The minimum Gasteiger partial charge on any atom is -0.448 e. The van der Waals surface area contributed by atoms with Crippen LogP contribution in [0.25, 0.3) is 21.9 Å². The number of imidazole rings is 1. The monoisotopic (exact) mass is 479 g/mol. The summed E-state index contributed by atoms with van der Waals surface area (Å²) in [5.41, 5.74) is 2.27. The van der Waals surface area contributed by atoms with Gasteiger partial charge in [0.25, 0.3) is 5.56 Å². The van der Waals surface area contributed by atoms with Gasteiger partial charge in [-0.15, -0.1) is 0 Å². The Morgan fingerprint density at radius 3 is 2.87 bits per heavy atom. The zero-order chi connectivity index (χ0) is 20.7. The first-order chi connectivity index (χ1) is 14.6. The molecule has 5 aromatic rings. The molecule has 3 aromatic heterocycles. The molecule has 0 spiro atoms. The zero-order valence-corrected chi connectivity index (χ0v) is 18.1. The molecule has 9 heteroatoms. The Morgan fingerprint density at radius 2 is 2.00 bits per heavy atom. The number of benzene rings is 2. The topological polar surface area (TPSA) is 89.1 Å². The molecule has 7 nitrogen and oxygen atoms in total. The summed E-state index contributed by atoms with van der Waals surface area (Å²) in [6, 6.07) is 16.9. The highest BCUT2D eigenvalue weighted by Gasteiger charge is 2.10. The Bertz CT molecular complexity index is 1450. The molecule has 0 fully saturated rings. The van der Waals surface area contributed by atoms with Crippen molar-refractivity contribution in [3.05, 3.63) is 81.0 Å². The van der Waals surface area contributed by atoms with Crippen LogP contribution in [0.5, 0.6) is 0 Å². The van der Waals surface area contributed by atoms with Gasteiger partial charge in [0, 0.05) is 4.47 Å². The Hall–Kier alpha value is -3.17. The second-order valence-electron chi connectivity index (χ2n) is 6.50. The summed E-state index contributed by atoms with van der Waals surface area (Å²) in [4.78, 5) is 25.0. The van der Waals surface area contributed by atoms with E-state index in [0.29, 0.717) is 27.6 Å². The Kier molecular flexibility index (Phi) is 4.76. The lowest BCUT2D eigenvalue weighted by Crippen LogP contribution is -2.20. The summed E-state index contributed by atoms with van der Waals surface area (Å²) < 4.78 is 7.88. The first kappa shape index (κ1) is 18.8. The number of aryl methyl sites for hydroxylation is 1. The third-order valence-corrected chi connectivity index (χ3v) is 5.74. The number of aromatic nitrogens is 4. The largest absolute Gasteiger partial charge is 0.448 e. The summed E-state index contributed by atoms with van der Waals surface area (Å²) in [7, 11) is 0. The standard InChI is InChI=1S/C21H14BrN5O2S/c1-12-24-16-8-6-13(22)10-15(16)20(28)27(12)23-11-14-7-9-19(29-14)30-21-25-17-4-2-3-5-18(17)26-21/h2-11H,1H3,(H,25,26). The van der Waals surface area contributed by atoms with Gasteiger partial charge in [-0.2, -0.15) is 9.78 Å². The van der Waals surface area contributed by atoms with E-state index in [-0.39, 0.29) is 5.56 Å². The molecule has 0 radical (unpaired) electrons. The molecule has 0 bridgehead atoms. The quantitative estimate of drug-likeness (QED) is 0.367. The van der Waals surface area contributed by atoms with Crippen molar-refractivity contribution in [2.45, 2.75) is 17.2 Å². The fourth-order valence-corrected chi connectivity index (χ4v) is 4.17. The lowest BCUT2D eigenvalue weighted by molar-refractivity contribution is 0.468. The van der Waals surface area contributed by atoms with E-state index in [1.165, 1.54) is 22.7 Å². The van der Waals surface area contributed by atoms with Crippen LogP contribution >= 0.6 is 27.7 Å². The average molecular weight is 480 g/mol. The van der Waals surface area contributed by atoms with Crippen LogP contribution in [-0.2, 0) is 0 Å². The molecular formula is C21H14BrN5O2S. The van der Waals surface area contributed by atoms with Crippen LogP contribution in [0.4, 0.5) is 0 Å². The van der Waals surface area contributed by atoms with Crippen molar-refractivity contribution >= 4 is 55.8 Å². The van der Waals surface area contributed by atoms with Gasteiger partial charge in [-0.1, -0.05) is 28.1 Å². The third kappa shape index (κ3) is 3.57. The van der Waals surface area contributed by atoms with Gasteiger partial charge in [0.05, 0.1) is 28.2 Å². The van der Waals surface area contributed by atoms with Crippen molar-refractivity contribution in [1.82, 2.24) is 19.6 Å². The minimum absolute atomic E-state index is 0.238. The van der Waals surface area contributed by atoms with E-state index in [1.807, 2.05) is 36.4 Å². The maximum atomic E-state index is 12.8. The van der Waals surface area contributed by atoms with Crippen LogP contribution in [0.1, 0.15) is 11.6 Å². The van der Waals surface area contributed by atoms with Crippen molar-refractivity contribution in [1.29, 1.82) is 0 Å². The zero-order valence-electron chi connectivity index (χ0n) is 15.7. The second kappa shape index (κ2) is 7.58. The predicted molar refractivity (Wildman–Crippen MR) is 120 cm³/mol. The molecule has 5 rings (SSSR count). The Labute approximate surface area is 183 Å². The van der Waals surface area contributed by atoms with E-state index in [4.69, 9.17) is 4.42 Å². The fourth-order valence-electron chi connectivity index (χ4n) is 3.04. The van der Waals surface area contributed by atoms with Crippen LogP contribution in [0.15, 0.2) is 83.6 Å². The number of aromatic amines is 1. The summed E-state index contributed by atoms with van der Waals surface area (Å²) in [5.74, 6) is 1.02. The predicted octanol–water partition coefficient (Wildman–Crippen LogP) is 4.97. The van der Waals surface area contributed by atoms with E-state index in [1.54, 1.807) is 25.1 Å². The molecule has 0 saturated carbocycles. The highest BCUT2D eigenvalue weighted by Crippen LogP contribution is 2.28. The average Bonchev–Trinajstić information content (AvgIpc) is 3.35. The highest BCUT2D eigenvalue weighted by atomic mass is 79.9. The van der Waals surface area contributed by atoms with E-state index >= 15 is 0 Å². The van der Waals surface area contributed by atoms with Crippen molar-refractivity contribution in [2.75, 3.05) is 0 Å². The van der Waals surface area contributed by atoms with E-state index < -0.39 is 0 Å². The molecule has 30 heavy (non-hydrogen) atoms. The third-order valence-electron chi connectivity index (χ3n) is 4.44. The number of furan rings is 1. The lowest BCUT2D eigenvalue weighted by Gasteiger charge is -2.05. The summed E-state index contributed by atoms with van der Waals surface area (Å²) in [6.45, 7) is 1.74. The van der Waals surface area contributed by atoms with Crippen molar-refractivity contribution in [3.63, 3.8) is 0 Å². The summed E-state index contributed by atoms with van der Waals surface area (Å²) in [5, 5.41) is 6.19. The van der Waals surface area contributed by atoms with Crippen LogP contribution < -0.4 is 5.56 Å². The molecule has 0 aliphatic rings. The van der Waals surface area contributed by atoms with Gasteiger partial charge in [0.2, 0.25) is 0 Å². The molecule has 0 atom stereocenters. The number of H-pyrrole nitrogens is 1. The number of halogens is 1. The number of nitrogens with zero attached hydrogens (tertiary/aromatic N) is 4. The summed E-state index contributed by atoms with van der Waals surface area (Å²) >= 11 is 4.77. The number of fused-ring (bicyclic) bond motifs is 2. The van der Waals surface area contributed by atoms with E-state index in [2.05, 4.69) is 36.0 Å². The first-order valence-electron chi connectivity index (χ1n) is 9.02. The van der Waals surface area contributed by atoms with Gasteiger partial charge < -0.3 is 9.40 Å². The lowest BCUT2D eigenvalue weighted by atomic mass is 10.2. The van der Waals surface area contributed by atoms with Crippen LogP contribution in [-0.4, -0.2) is 25.8 Å². The highest BCUT2D eigenvalue weighted by molar-refractivity contribution is 9.10. The molecule has 3 heterocycles. The van der Waals surface area contributed by atoms with Crippen molar-refractivity contribution < 1.29 is 4.42 Å². The van der Waals surface area contributed by atoms with Crippen LogP contribution in [0, 0.1) is 6.92 Å². The molecule has 0 amide bonds. The molecule has 0 aliphatic heterocycles. The van der Waals surface area contributed by atoms with Gasteiger partial charge >= 0.3 is 0 Å². The van der Waals surface area contributed by atoms with Gasteiger partial charge in [0.1, 0.15) is 11.6 Å². The molecule has 0 unspecified atom stereocenters. The Morgan fingerprint density at radius 1 is 1.13 bits per heavy atom. The van der Waals surface area contributed by atoms with E-state index in [9.17, 15) is 4.79 Å². The Balaban J connectivity index is 1.41. The molecule has 148 valence electrons. The van der Waals surface area contributed by atoms with Crippen LogP contribution in [0.2, 0.25) is 0 Å². The molecule has 0 aliphatic carbocycles. The smallest absolute Gasteiger partial charge is 0.282 e. The maximum Gasteiger partial charge on any atom is 0.282 e. The minimum atomic E-state index is -0.238. The maximum absolute atomic E-state index is 12.8. The van der Waals surface area contributed by atoms with Gasteiger partial charge in [-0.25, -0.2) is 9.97 Å². The second-order valence-corrected chi connectivity index (χ2v) is 8.41. The van der Waals surface area contributed by atoms with Gasteiger partial charge in [0.15, 0.2) is 10.2 Å². The fraction of sp³-hybridized carbons (Fsp3) is 0.0476. The van der Waals surface area contributed by atoms with Gasteiger partial charge in [-0.05, 0) is 61.2 Å². The number of para-hydroxylation sites is 2. The normalized spacial score (nSPS) is 11.8. The first-order valence-corrected chi connectivity index (χ1v) is 10.6. The van der Waals surface area contributed by atoms with Gasteiger partial charge in [-0.3, -0.25) is 4.79 Å². The van der Waals surface area contributed by atoms with Crippen molar-refractivity contribution in [2.24, 2.45) is 5.10 Å². The number of hydrogen-bond acceptors (Lipinski definition) is 6. The summed E-state index contributed by atoms with van der Waals surface area (Å²) in [6.07, 6.45) is 1.50. The number of hydrogen-bond donors (Lipinski definition) is 1. The number of nitrogens with one attached hydrogen (secondary N) is 1. The van der Waals surface area contributed by atoms with Crippen molar-refractivity contribution in [3.8, 4) is 0 Å². The molecular weight excluding hydrogens is 466 g/mol. The molecule has 1 N–H and O–H groups in total. The van der Waals surface area contributed by atoms with Crippen LogP contribution in [0.3, 0.4) is 0 Å². The molecule has 2 aromatic carbocycles. The van der Waals surface area contributed by atoms with E-state index in [0.717, 1.165) is 20.7 Å².